The third-order valence-electron chi connectivity index (χ3n) is 5.82. The van der Waals surface area contributed by atoms with E-state index in [4.69, 9.17) is 9.47 Å². The molecule has 2 atom stereocenters. The van der Waals surface area contributed by atoms with Crippen LogP contribution in [0, 0.1) is 0 Å². The Labute approximate surface area is 188 Å². The molecule has 1 aliphatic rings. The molecule has 5 nitrogen and oxygen atoms in total. The Morgan fingerprint density at radius 3 is 2.22 bits per heavy atom. The Balaban J connectivity index is 1.47. The molecule has 4 rings (SSSR count). The molecular formula is C27H27NO4. The van der Waals surface area contributed by atoms with Crippen LogP contribution in [0.3, 0.4) is 0 Å². The highest BCUT2D eigenvalue weighted by Gasteiger charge is 2.37. The van der Waals surface area contributed by atoms with Crippen molar-refractivity contribution in [1.29, 1.82) is 0 Å². The zero-order chi connectivity index (χ0) is 22.2. The second-order valence-corrected chi connectivity index (χ2v) is 7.92. The van der Waals surface area contributed by atoms with Crippen LogP contribution in [0.5, 0.6) is 5.75 Å². The molecule has 1 fully saturated rings. The topological polar surface area (TPSA) is 55.8 Å². The molecule has 5 heteroatoms. The van der Waals surface area contributed by atoms with E-state index in [9.17, 15) is 9.59 Å². The lowest BCUT2D eigenvalue weighted by Gasteiger charge is -2.29. The third kappa shape index (κ3) is 5.17. The van der Waals surface area contributed by atoms with E-state index in [1.165, 1.54) is 0 Å². The average Bonchev–Trinajstić information content (AvgIpc) is 3.33. The van der Waals surface area contributed by atoms with Gasteiger partial charge in [0.15, 0.2) is 0 Å². The standard InChI is InChI=1S/C27H27NO4/c29-18-24(23-14-7-8-16-26(23)31-19-21-10-3-1-4-11-21)25-15-9-17-28(25)27(30)32-20-22-12-5-2-6-13-22/h1-8,10-14,16,18,24-25H,9,15,17,19-20H2/t24-,25-/m1/s1. The SMILES string of the molecule is O=C[C@H](c1ccccc1OCc1ccccc1)[C@H]1CCCN1C(=O)OCc1ccccc1. The Bertz CT molecular complexity index is 1020. The number of carbonyl (C=O) groups is 2. The summed E-state index contributed by atoms with van der Waals surface area (Å²) in [7, 11) is 0. The highest BCUT2D eigenvalue weighted by Crippen LogP contribution is 2.35. The van der Waals surface area contributed by atoms with E-state index in [0.29, 0.717) is 18.9 Å². The fourth-order valence-electron chi connectivity index (χ4n) is 4.19. The van der Waals surface area contributed by atoms with Crippen LogP contribution in [-0.4, -0.2) is 29.9 Å². The lowest BCUT2D eigenvalue weighted by molar-refractivity contribution is -0.110. The van der Waals surface area contributed by atoms with E-state index >= 15 is 0 Å². The molecule has 0 radical (unpaired) electrons. The van der Waals surface area contributed by atoms with Crippen molar-refractivity contribution in [1.82, 2.24) is 4.90 Å². The molecule has 1 heterocycles. The van der Waals surface area contributed by atoms with Crippen LogP contribution in [0.25, 0.3) is 0 Å². The molecule has 0 unspecified atom stereocenters. The van der Waals surface area contributed by atoms with Crippen LogP contribution in [-0.2, 0) is 22.7 Å². The first-order chi connectivity index (χ1) is 15.8. The summed E-state index contributed by atoms with van der Waals surface area (Å²) >= 11 is 0. The van der Waals surface area contributed by atoms with Crippen molar-refractivity contribution < 1.29 is 19.1 Å². The van der Waals surface area contributed by atoms with Gasteiger partial charge in [-0.1, -0.05) is 78.9 Å². The highest BCUT2D eigenvalue weighted by atomic mass is 16.6. The molecule has 0 N–H and O–H groups in total. The van der Waals surface area contributed by atoms with Crippen molar-refractivity contribution in [3.8, 4) is 5.75 Å². The van der Waals surface area contributed by atoms with Crippen LogP contribution in [0.1, 0.15) is 35.4 Å². The Morgan fingerprint density at radius 2 is 1.53 bits per heavy atom. The van der Waals surface area contributed by atoms with E-state index in [1.807, 2.05) is 84.9 Å². The van der Waals surface area contributed by atoms with Gasteiger partial charge in [0.05, 0.1) is 5.92 Å². The number of likely N-dealkylation sites (tertiary alicyclic amines) is 1. The lowest BCUT2D eigenvalue weighted by atomic mass is 9.90. The third-order valence-corrected chi connectivity index (χ3v) is 5.82. The molecule has 0 spiro atoms. The number of amides is 1. The molecule has 3 aromatic rings. The monoisotopic (exact) mass is 429 g/mol. The van der Waals surface area contributed by atoms with Crippen LogP contribution in [0.4, 0.5) is 4.79 Å². The minimum Gasteiger partial charge on any atom is -0.489 e. The molecule has 0 saturated carbocycles. The maximum atomic E-state index is 12.8. The number of para-hydroxylation sites is 1. The fraction of sp³-hybridized carbons (Fsp3) is 0.259. The smallest absolute Gasteiger partial charge is 0.410 e. The molecule has 0 bridgehead atoms. The summed E-state index contributed by atoms with van der Waals surface area (Å²) in [5, 5.41) is 0. The first-order valence-corrected chi connectivity index (χ1v) is 10.9. The van der Waals surface area contributed by atoms with Crippen LogP contribution in [0.2, 0.25) is 0 Å². The molecule has 1 aliphatic heterocycles. The van der Waals surface area contributed by atoms with Crippen molar-refractivity contribution in [2.75, 3.05) is 6.54 Å². The van der Waals surface area contributed by atoms with Crippen molar-refractivity contribution in [3.05, 3.63) is 102 Å². The first kappa shape index (κ1) is 21.6. The predicted octanol–water partition coefficient (Wildman–Crippen LogP) is 5.35. The van der Waals surface area contributed by atoms with Gasteiger partial charge >= 0.3 is 6.09 Å². The molecule has 3 aromatic carbocycles. The fourth-order valence-corrected chi connectivity index (χ4v) is 4.19. The molecule has 1 amide bonds. The van der Waals surface area contributed by atoms with Gasteiger partial charge in [-0.3, -0.25) is 0 Å². The summed E-state index contributed by atoms with van der Waals surface area (Å²) in [5.41, 5.74) is 2.78. The number of carbonyl (C=O) groups excluding carboxylic acids is 2. The van der Waals surface area contributed by atoms with Gasteiger partial charge in [0.1, 0.15) is 25.2 Å². The quantitative estimate of drug-likeness (QED) is 0.453. The minimum absolute atomic E-state index is 0.214. The molecular weight excluding hydrogens is 402 g/mol. The molecule has 1 saturated heterocycles. The zero-order valence-electron chi connectivity index (χ0n) is 17.9. The van der Waals surface area contributed by atoms with E-state index in [1.54, 1.807) is 4.90 Å². The number of rotatable bonds is 8. The maximum Gasteiger partial charge on any atom is 0.410 e. The summed E-state index contributed by atoms with van der Waals surface area (Å²) in [5.74, 6) is 0.187. The van der Waals surface area contributed by atoms with Crippen molar-refractivity contribution >= 4 is 12.4 Å². The van der Waals surface area contributed by atoms with Crippen LogP contribution < -0.4 is 4.74 Å². The molecule has 164 valence electrons. The number of nitrogens with zero attached hydrogens (tertiary/aromatic N) is 1. The second kappa shape index (κ2) is 10.6. The van der Waals surface area contributed by atoms with E-state index in [2.05, 4.69) is 0 Å². The van der Waals surface area contributed by atoms with Crippen molar-refractivity contribution in [3.63, 3.8) is 0 Å². The number of hydrogen-bond donors (Lipinski definition) is 0. The summed E-state index contributed by atoms with van der Waals surface area (Å²) in [6, 6.07) is 26.8. The van der Waals surface area contributed by atoms with Gasteiger partial charge in [0.2, 0.25) is 0 Å². The van der Waals surface area contributed by atoms with Gasteiger partial charge in [0.25, 0.3) is 0 Å². The van der Waals surface area contributed by atoms with E-state index < -0.39 is 5.92 Å². The average molecular weight is 430 g/mol. The summed E-state index contributed by atoms with van der Waals surface area (Å²) in [6.07, 6.45) is 2.13. The number of ether oxygens (including phenoxy) is 2. The maximum absolute atomic E-state index is 12.8. The van der Waals surface area contributed by atoms with Gasteiger partial charge in [-0.25, -0.2) is 4.79 Å². The first-order valence-electron chi connectivity index (χ1n) is 10.9. The van der Waals surface area contributed by atoms with Crippen molar-refractivity contribution in [2.24, 2.45) is 0 Å². The Kier molecular flexibility index (Phi) is 7.18. The normalized spacial score (nSPS) is 16.4. The van der Waals surface area contributed by atoms with Gasteiger partial charge < -0.3 is 19.2 Å². The number of benzene rings is 3. The largest absolute Gasteiger partial charge is 0.489 e. The van der Waals surface area contributed by atoms with Crippen LogP contribution >= 0.6 is 0 Å². The summed E-state index contributed by atoms with van der Waals surface area (Å²) in [6.45, 7) is 1.21. The highest BCUT2D eigenvalue weighted by molar-refractivity contribution is 5.72. The number of hydrogen-bond acceptors (Lipinski definition) is 4. The number of aldehydes is 1. The van der Waals surface area contributed by atoms with E-state index in [-0.39, 0.29) is 18.7 Å². The minimum atomic E-state index is -0.478. The van der Waals surface area contributed by atoms with Gasteiger partial charge in [-0.05, 0) is 30.0 Å². The van der Waals surface area contributed by atoms with Crippen LogP contribution in [0.15, 0.2) is 84.9 Å². The van der Waals surface area contributed by atoms with Gasteiger partial charge in [-0.15, -0.1) is 0 Å². The zero-order valence-corrected chi connectivity index (χ0v) is 17.9. The van der Waals surface area contributed by atoms with E-state index in [0.717, 1.165) is 35.8 Å². The summed E-state index contributed by atoms with van der Waals surface area (Å²) < 4.78 is 11.6. The van der Waals surface area contributed by atoms with Crippen molar-refractivity contribution in [2.45, 2.75) is 38.0 Å². The Hall–Kier alpha value is -3.60. The summed E-state index contributed by atoms with van der Waals surface area (Å²) in [4.78, 5) is 26.8. The second-order valence-electron chi connectivity index (χ2n) is 7.92. The molecule has 0 aliphatic carbocycles. The lowest BCUT2D eigenvalue weighted by Crippen LogP contribution is -2.40. The van der Waals surface area contributed by atoms with Gasteiger partial charge in [-0.2, -0.15) is 0 Å². The predicted molar refractivity (Wildman–Crippen MR) is 122 cm³/mol. The Morgan fingerprint density at radius 1 is 0.906 bits per heavy atom. The molecule has 0 aromatic heterocycles. The molecule has 32 heavy (non-hydrogen) atoms. The van der Waals surface area contributed by atoms with Gasteiger partial charge in [0, 0.05) is 18.2 Å².